The molecule has 102 valence electrons. The molecule has 3 N–H and O–H groups in total. The zero-order valence-corrected chi connectivity index (χ0v) is 11.8. The minimum atomic E-state index is 0.222. The number of carbonyl (C=O) groups excluding carboxylic acids is 1. The van der Waals surface area contributed by atoms with Gasteiger partial charge in [-0.15, -0.1) is 0 Å². The quantitative estimate of drug-likeness (QED) is 0.749. The van der Waals surface area contributed by atoms with Crippen molar-refractivity contribution in [3.05, 3.63) is 0 Å². The molecule has 0 spiro atoms. The van der Waals surface area contributed by atoms with Gasteiger partial charge in [0.1, 0.15) is 0 Å². The van der Waals surface area contributed by atoms with Crippen LogP contribution in [0.4, 0.5) is 0 Å². The molecule has 2 aliphatic rings. The van der Waals surface area contributed by atoms with Gasteiger partial charge in [-0.2, -0.15) is 0 Å². The number of piperidine rings is 2. The van der Waals surface area contributed by atoms with Crippen LogP contribution in [0.1, 0.15) is 39.0 Å². The van der Waals surface area contributed by atoms with Gasteiger partial charge in [-0.25, -0.2) is 0 Å². The van der Waals surface area contributed by atoms with Crippen molar-refractivity contribution >= 4 is 23.1 Å². The van der Waals surface area contributed by atoms with Crippen LogP contribution in [0.5, 0.6) is 0 Å². The van der Waals surface area contributed by atoms with Crippen LogP contribution in [0.3, 0.4) is 0 Å². The third-order valence-electron chi connectivity index (χ3n) is 4.28. The molecule has 0 saturated carbocycles. The Labute approximate surface area is 114 Å². The van der Waals surface area contributed by atoms with E-state index in [0.717, 1.165) is 38.8 Å². The van der Waals surface area contributed by atoms with Crippen molar-refractivity contribution in [1.82, 2.24) is 10.2 Å². The Kier molecular flexibility index (Phi) is 4.56. The van der Waals surface area contributed by atoms with Crippen molar-refractivity contribution < 1.29 is 4.79 Å². The van der Waals surface area contributed by atoms with Crippen LogP contribution in [0.25, 0.3) is 0 Å². The van der Waals surface area contributed by atoms with Crippen molar-refractivity contribution in [2.75, 3.05) is 13.1 Å². The fraction of sp³-hybridized carbons (Fsp3) is 0.846. The van der Waals surface area contributed by atoms with Crippen molar-refractivity contribution in [2.24, 2.45) is 11.7 Å². The summed E-state index contributed by atoms with van der Waals surface area (Å²) in [4.78, 5) is 14.5. The summed E-state index contributed by atoms with van der Waals surface area (Å²) in [6.45, 7) is 4.31. The SMILES string of the molecule is CCC(CC(N)=S)N1CCC2NC(=O)CCC2C1. The van der Waals surface area contributed by atoms with Gasteiger partial charge in [0.2, 0.25) is 5.91 Å². The van der Waals surface area contributed by atoms with Gasteiger partial charge >= 0.3 is 0 Å². The number of fused-ring (bicyclic) bond motifs is 1. The second-order valence-electron chi connectivity index (χ2n) is 5.49. The zero-order valence-electron chi connectivity index (χ0n) is 11.0. The second kappa shape index (κ2) is 5.97. The highest BCUT2D eigenvalue weighted by Gasteiger charge is 2.35. The number of hydrogen-bond donors (Lipinski definition) is 2. The Bertz CT molecular complexity index is 334. The van der Waals surface area contributed by atoms with Crippen molar-refractivity contribution in [3.63, 3.8) is 0 Å². The number of nitrogens with one attached hydrogen (secondary N) is 1. The van der Waals surface area contributed by atoms with E-state index >= 15 is 0 Å². The van der Waals surface area contributed by atoms with Crippen LogP contribution >= 0.6 is 12.2 Å². The summed E-state index contributed by atoms with van der Waals surface area (Å²) in [5, 5.41) is 3.12. The first-order valence-corrected chi connectivity index (χ1v) is 7.32. The normalized spacial score (nSPS) is 30.4. The van der Waals surface area contributed by atoms with Gasteiger partial charge in [-0.1, -0.05) is 19.1 Å². The Balaban J connectivity index is 1.93. The van der Waals surface area contributed by atoms with Gasteiger partial charge in [0.15, 0.2) is 0 Å². The predicted octanol–water partition coefficient (Wildman–Crippen LogP) is 1.04. The number of carbonyl (C=O) groups is 1. The molecular formula is C13H23N3OS. The molecule has 2 heterocycles. The highest BCUT2D eigenvalue weighted by atomic mass is 32.1. The molecule has 18 heavy (non-hydrogen) atoms. The topological polar surface area (TPSA) is 58.4 Å². The van der Waals surface area contributed by atoms with Crippen molar-refractivity contribution in [3.8, 4) is 0 Å². The van der Waals surface area contributed by atoms with Crippen LogP contribution in [0.2, 0.25) is 0 Å². The third-order valence-corrected chi connectivity index (χ3v) is 4.45. The van der Waals surface area contributed by atoms with Crippen LogP contribution in [-0.2, 0) is 4.79 Å². The molecule has 2 saturated heterocycles. The fourth-order valence-corrected chi connectivity index (χ4v) is 3.43. The Morgan fingerprint density at radius 1 is 1.61 bits per heavy atom. The van der Waals surface area contributed by atoms with Gasteiger partial charge in [-0.3, -0.25) is 9.69 Å². The average molecular weight is 269 g/mol. The van der Waals surface area contributed by atoms with E-state index in [1.165, 1.54) is 0 Å². The minimum Gasteiger partial charge on any atom is -0.393 e. The van der Waals surface area contributed by atoms with Crippen molar-refractivity contribution in [2.45, 2.75) is 51.1 Å². The summed E-state index contributed by atoms with van der Waals surface area (Å²) in [5.41, 5.74) is 5.67. The molecule has 0 aromatic carbocycles. The van der Waals surface area contributed by atoms with E-state index in [1.54, 1.807) is 0 Å². The van der Waals surface area contributed by atoms with Crippen molar-refractivity contribution in [1.29, 1.82) is 0 Å². The Morgan fingerprint density at radius 2 is 2.39 bits per heavy atom. The van der Waals surface area contributed by atoms with Gasteiger partial charge in [0, 0.05) is 38.0 Å². The first-order valence-electron chi connectivity index (χ1n) is 6.92. The summed E-state index contributed by atoms with van der Waals surface area (Å²) >= 11 is 5.03. The maximum atomic E-state index is 11.4. The van der Waals surface area contributed by atoms with Gasteiger partial charge in [-0.05, 0) is 25.2 Å². The first-order chi connectivity index (χ1) is 8.60. The Morgan fingerprint density at radius 3 is 3.06 bits per heavy atom. The number of rotatable bonds is 4. The fourth-order valence-electron chi connectivity index (χ4n) is 3.23. The van der Waals surface area contributed by atoms with E-state index in [0.29, 0.717) is 29.4 Å². The molecule has 2 rings (SSSR count). The van der Waals surface area contributed by atoms with E-state index in [-0.39, 0.29) is 5.91 Å². The summed E-state index contributed by atoms with van der Waals surface area (Å²) in [6, 6.07) is 0.867. The molecule has 0 aromatic heterocycles. The maximum absolute atomic E-state index is 11.4. The van der Waals surface area contributed by atoms with Crippen LogP contribution < -0.4 is 11.1 Å². The lowest BCUT2D eigenvalue weighted by molar-refractivity contribution is -0.125. The third kappa shape index (κ3) is 3.20. The molecule has 0 radical (unpaired) electrons. The lowest BCUT2D eigenvalue weighted by Crippen LogP contribution is -2.56. The standard InChI is InChI=1S/C13H23N3OS/c1-2-10(7-12(14)18)16-6-5-11-9(8-16)3-4-13(17)15-11/h9-11H,2-8H2,1H3,(H2,14,18)(H,15,17). The Hall–Kier alpha value is -0.680. The molecule has 2 fully saturated rings. The molecule has 4 nitrogen and oxygen atoms in total. The van der Waals surface area contributed by atoms with E-state index < -0.39 is 0 Å². The maximum Gasteiger partial charge on any atom is 0.220 e. The number of nitrogens with zero attached hydrogens (tertiary/aromatic N) is 1. The van der Waals surface area contributed by atoms with Gasteiger partial charge in [0.05, 0.1) is 4.99 Å². The van der Waals surface area contributed by atoms with Crippen LogP contribution in [0.15, 0.2) is 0 Å². The molecule has 2 aliphatic heterocycles. The number of hydrogen-bond acceptors (Lipinski definition) is 3. The molecule has 0 bridgehead atoms. The monoisotopic (exact) mass is 269 g/mol. The highest BCUT2D eigenvalue weighted by molar-refractivity contribution is 7.80. The summed E-state index contributed by atoms with van der Waals surface area (Å²) in [6.07, 6.45) is 4.67. The summed E-state index contributed by atoms with van der Waals surface area (Å²) < 4.78 is 0. The van der Waals surface area contributed by atoms with E-state index in [4.69, 9.17) is 18.0 Å². The van der Waals surface area contributed by atoms with Crippen LogP contribution in [-0.4, -0.2) is 41.0 Å². The largest absolute Gasteiger partial charge is 0.393 e. The molecule has 3 unspecified atom stereocenters. The molecule has 1 amide bonds. The number of nitrogens with two attached hydrogens (primary N) is 1. The van der Waals surface area contributed by atoms with Gasteiger partial charge in [0.25, 0.3) is 0 Å². The van der Waals surface area contributed by atoms with E-state index in [1.807, 2.05) is 0 Å². The number of amides is 1. The van der Waals surface area contributed by atoms with E-state index in [9.17, 15) is 4.79 Å². The predicted molar refractivity (Wildman–Crippen MR) is 76.3 cm³/mol. The van der Waals surface area contributed by atoms with Crippen LogP contribution in [0, 0.1) is 5.92 Å². The van der Waals surface area contributed by atoms with Gasteiger partial charge < -0.3 is 11.1 Å². The molecule has 5 heteroatoms. The minimum absolute atomic E-state index is 0.222. The first kappa shape index (κ1) is 13.7. The molecule has 0 aliphatic carbocycles. The van der Waals surface area contributed by atoms with E-state index in [2.05, 4.69) is 17.1 Å². The zero-order chi connectivity index (χ0) is 13.1. The lowest BCUT2D eigenvalue weighted by atomic mass is 9.84. The molecule has 3 atom stereocenters. The average Bonchev–Trinajstić information content (AvgIpc) is 2.35. The number of likely N-dealkylation sites (tertiary alicyclic amines) is 1. The molecular weight excluding hydrogens is 246 g/mol. The summed E-state index contributed by atoms with van der Waals surface area (Å²) in [7, 11) is 0. The molecule has 0 aromatic rings. The highest BCUT2D eigenvalue weighted by Crippen LogP contribution is 2.27. The smallest absolute Gasteiger partial charge is 0.220 e. The second-order valence-corrected chi connectivity index (χ2v) is 6.01. The lowest BCUT2D eigenvalue weighted by Gasteiger charge is -2.44. The number of thiocarbonyl (C=S) groups is 1. The summed E-state index contributed by atoms with van der Waals surface area (Å²) in [5.74, 6) is 0.830.